The van der Waals surface area contributed by atoms with Gasteiger partial charge in [0.2, 0.25) is 0 Å². The SMILES string of the molecule is COc1cc(C=C2C(=O)OC(C)(C)OC2=O)cc(C(F)(F)F)c1. The van der Waals surface area contributed by atoms with E-state index in [-0.39, 0.29) is 11.3 Å². The summed E-state index contributed by atoms with van der Waals surface area (Å²) >= 11 is 0. The van der Waals surface area contributed by atoms with Crippen LogP contribution in [-0.2, 0) is 25.2 Å². The van der Waals surface area contributed by atoms with E-state index in [1.165, 1.54) is 27.0 Å². The molecule has 23 heavy (non-hydrogen) atoms. The van der Waals surface area contributed by atoms with Gasteiger partial charge in [0.25, 0.3) is 5.79 Å². The van der Waals surface area contributed by atoms with Gasteiger partial charge in [-0.25, -0.2) is 9.59 Å². The van der Waals surface area contributed by atoms with Crippen LogP contribution in [0, 0.1) is 0 Å². The molecular weight excluding hydrogens is 317 g/mol. The molecule has 1 aliphatic heterocycles. The number of cyclic esters (lactones) is 2. The summed E-state index contributed by atoms with van der Waals surface area (Å²) in [4.78, 5) is 23.6. The molecule has 1 heterocycles. The van der Waals surface area contributed by atoms with Crippen LogP contribution in [0.1, 0.15) is 25.0 Å². The molecule has 0 N–H and O–H groups in total. The quantitative estimate of drug-likeness (QED) is 0.474. The van der Waals surface area contributed by atoms with Gasteiger partial charge in [-0.1, -0.05) is 0 Å². The predicted octanol–water partition coefficient (Wildman–Crippen LogP) is 2.93. The van der Waals surface area contributed by atoms with Gasteiger partial charge in [-0.15, -0.1) is 0 Å². The summed E-state index contributed by atoms with van der Waals surface area (Å²) in [5, 5.41) is 0. The molecule has 1 aromatic carbocycles. The number of hydrogen-bond donors (Lipinski definition) is 0. The van der Waals surface area contributed by atoms with Crippen molar-refractivity contribution in [1.82, 2.24) is 0 Å². The molecule has 1 fully saturated rings. The van der Waals surface area contributed by atoms with E-state index in [9.17, 15) is 22.8 Å². The first-order valence-electron chi connectivity index (χ1n) is 6.46. The molecule has 1 aliphatic rings. The summed E-state index contributed by atoms with van der Waals surface area (Å²) in [7, 11) is 1.21. The highest BCUT2D eigenvalue weighted by Gasteiger charge is 2.39. The van der Waals surface area contributed by atoms with Crippen molar-refractivity contribution in [3.8, 4) is 5.75 Å². The zero-order valence-electron chi connectivity index (χ0n) is 12.5. The smallest absolute Gasteiger partial charge is 0.416 e. The van der Waals surface area contributed by atoms with Gasteiger partial charge in [0.15, 0.2) is 0 Å². The van der Waals surface area contributed by atoms with Gasteiger partial charge >= 0.3 is 18.1 Å². The van der Waals surface area contributed by atoms with Gasteiger partial charge in [0.1, 0.15) is 11.3 Å². The van der Waals surface area contributed by atoms with E-state index in [1.54, 1.807) is 0 Å². The van der Waals surface area contributed by atoms with Crippen molar-refractivity contribution < 1.29 is 37.0 Å². The Morgan fingerprint density at radius 2 is 1.65 bits per heavy atom. The minimum Gasteiger partial charge on any atom is -0.497 e. The number of hydrogen-bond acceptors (Lipinski definition) is 5. The highest BCUT2D eigenvalue weighted by molar-refractivity contribution is 6.18. The first kappa shape index (κ1) is 16.9. The molecule has 0 amide bonds. The van der Waals surface area contributed by atoms with Crippen LogP contribution < -0.4 is 4.74 Å². The summed E-state index contributed by atoms with van der Waals surface area (Å²) < 4.78 is 53.1. The molecular formula is C15H13F3O5. The number of halogens is 3. The van der Waals surface area contributed by atoms with Crippen LogP contribution in [0.5, 0.6) is 5.75 Å². The van der Waals surface area contributed by atoms with Crippen molar-refractivity contribution >= 4 is 18.0 Å². The molecule has 0 aromatic heterocycles. The van der Waals surface area contributed by atoms with Gasteiger partial charge in [-0.3, -0.25) is 0 Å². The summed E-state index contributed by atoms with van der Waals surface area (Å²) in [6.45, 7) is 2.74. The number of carbonyl (C=O) groups is 2. The van der Waals surface area contributed by atoms with Crippen molar-refractivity contribution in [3.05, 3.63) is 34.9 Å². The number of esters is 2. The number of carbonyl (C=O) groups excluding carboxylic acids is 2. The van der Waals surface area contributed by atoms with E-state index in [0.29, 0.717) is 0 Å². The summed E-state index contributed by atoms with van der Waals surface area (Å²) in [5.41, 5.74) is -1.51. The van der Waals surface area contributed by atoms with E-state index in [4.69, 9.17) is 14.2 Å². The van der Waals surface area contributed by atoms with Crippen molar-refractivity contribution in [2.24, 2.45) is 0 Å². The Bertz CT molecular complexity index is 667. The van der Waals surface area contributed by atoms with Crippen LogP contribution in [0.4, 0.5) is 13.2 Å². The van der Waals surface area contributed by atoms with Crippen LogP contribution in [0.25, 0.3) is 6.08 Å². The maximum Gasteiger partial charge on any atom is 0.416 e. The Morgan fingerprint density at radius 1 is 1.09 bits per heavy atom. The zero-order valence-corrected chi connectivity index (χ0v) is 12.5. The molecule has 0 saturated carbocycles. The third kappa shape index (κ3) is 3.82. The third-order valence-electron chi connectivity index (χ3n) is 2.92. The molecule has 8 heteroatoms. The normalized spacial score (nSPS) is 17.4. The van der Waals surface area contributed by atoms with Crippen LogP contribution >= 0.6 is 0 Å². The van der Waals surface area contributed by atoms with E-state index in [0.717, 1.165) is 18.2 Å². The van der Waals surface area contributed by atoms with Gasteiger partial charge < -0.3 is 14.2 Å². The lowest BCUT2D eigenvalue weighted by atomic mass is 10.1. The van der Waals surface area contributed by atoms with Crippen LogP contribution in [0.15, 0.2) is 23.8 Å². The van der Waals surface area contributed by atoms with E-state index in [2.05, 4.69) is 0 Å². The summed E-state index contributed by atoms with van der Waals surface area (Å²) in [5.74, 6) is -3.42. The number of ether oxygens (including phenoxy) is 3. The second-order valence-corrected chi connectivity index (χ2v) is 5.23. The van der Waals surface area contributed by atoms with Gasteiger partial charge in [0.05, 0.1) is 12.7 Å². The van der Waals surface area contributed by atoms with Crippen molar-refractivity contribution in [3.63, 3.8) is 0 Å². The highest BCUT2D eigenvalue weighted by atomic mass is 19.4. The Balaban J connectivity index is 2.46. The molecule has 2 rings (SSSR count). The fraction of sp³-hybridized carbons (Fsp3) is 0.333. The number of alkyl halides is 3. The average Bonchev–Trinajstić information content (AvgIpc) is 2.40. The summed E-state index contributed by atoms with van der Waals surface area (Å²) in [6, 6.07) is 2.85. The predicted molar refractivity (Wildman–Crippen MR) is 72.2 cm³/mol. The molecule has 0 radical (unpaired) electrons. The van der Waals surface area contributed by atoms with Gasteiger partial charge in [0, 0.05) is 13.8 Å². The van der Waals surface area contributed by atoms with Crippen molar-refractivity contribution in [2.75, 3.05) is 7.11 Å². The lowest BCUT2D eigenvalue weighted by molar-refractivity contribution is -0.222. The molecule has 1 saturated heterocycles. The van der Waals surface area contributed by atoms with E-state index in [1.807, 2.05) is 0 Å². The monoisotopic (exact) mass is 330 g/mol. The first-order chi connectivity index (χ1) is 10.5. The van der Waals surface area contributed by atoms with Gasteiger partial charge in [-0.05, 0) is 29.8 Å². The molecule has 0 unspecified atom stereocenters. The number of methoxy groups -OCH3 is 1. The Labute approximate surface area is 129 Å². The van der Waals surface area contributed by atoms with E-state index >= 15 is 0 Å². The topological polar surface area (TPSA) is 61.8 Å². The Kier molecular flexibility index (Phi) is 4.10. The first-order valence-corrected chi connectivity index (χ1v) is 6.46. The standard InChI is InChI=1S/C15H13F3O5/c1-14(2)22-12(19)11(13(20)23-14)6-8-4-9(15(16,17)18)7-10(5-8)21-3/h4-7H,1-3H3. The fourth-order valence-corrected chi connectivity index (χ4v) is 1.93. The van der Waals surface area contributed by atoms with Crippen LogP contribution in [-0.4, -0.2) is 24.8 Å². The molecule has 0 bridgehead atoms. The van der Waals surface area contributed by atoms with Crippen LogP contribution in [0.2, 0.25) is 0 Å². The number of rotatable bonds is 2. The lowest BCUT2D eigenvalue weighted by Gasteiger charge is -2.29. The number of benzene rings is 1. The highest BCUT2D eigenvalue weighted by Crippen LogP contribution is 2.33. The minimum atomic E-state index is -4.60. The summed E-state index contributed by atoms with van der Waals surface area (Å²) in [6.07, 6.45) is -3.63. The molecule has 1 aromatic rings. The third-order valence-corrected chi connectivity index (χ3v) is 2.92. The average molecular weight is 330 g/mol. The maximum atomic E-state index is 12.9. The largest absolute Gasteiger partial charge is 0.497 e. The van der Waals surface area contributed by atoms with Crippen molar-refractivity contribution in [1.29, 1.82) is 0 Å². The van der Waals surface area contributed by atoms with Crippen LogP contribution in [0.3, 0.4) is 0 Å². The molecule has 5 nitrogen and oxygen atoms in total. The van der Waals surface area contributed by atoms with Crippen molar-refractivity contribution in [2.45, 2.75) is 25.8 Å². The fourth-order valence-electron chi connectivity index (χ4n) is 1.93. The lowest BCUT2D eigenvalue weighted by Crippen LogP contribution is -2.41. The second kappa shape index (κ2) is 5.60. The Morgan fingerprint density at radius 3 is 2.13 bits per heavy atom. The molecule has 0 aliphatic carbocycles. The van der Waals surface area contributed by atoms with E-state index < -0.39 is 35.0 Å². The minimum absolute atomic E-state index is 0.0414. The second-order valence-electron chi connectivity index (χ2n) is 5.23. The molecule has 0 atom stereocenters. The zero-order chi connectivity index (χ0) is 17.4. The Hall–Kier alpha value is -2.51. The molecule has 0 spiro atoms. The molecule has 124 valence electrons. The maximum absolute atomic E-state index is 12.9. The van der Waals surface area contributed by atoms with Gasteiger partial charge in [-0.2, -0.15) is 13.2 Å².